The van der Waals surface area contributed by atoms with E-state index in [4.69, 9.17) is 5.73 Å². The molecule has 2 aromatic heterocycles. The molecule has 1 aliphatic carbocycles. The number of aromatic nitrogens is 3. The minimum absolute atomic E-state index is 0. The van der Waals surface area contributed by atoms with E-state index < -0.39 is 11.2 Å². The lowest BCUT2D eigenvalue weighted by molar-refractivity contribution is 0.0945. The van der Waals surface area contributed by atoms with E-state index in [1.54, 1.807) is 13.0 Å². The number of hydrogen-bond acceptors (Lipinski definition) is 5. The predicted octanol–water partition coefficient (Wildman–Crippen LogP) is 0.251. The van der Waals surface area contributed by atoms with Gasteiger partial charge in [0.15, 0.2) is 0 Å². The fourth-order valence-electron chi connectivity index (χ4n) is 2.84. The fraction of sp³-hybridized carbons (Fsp3) is 0.500. The number of halogens is 2. The fourth-order valence-corrected chi connectivity index (χ4v) is 2.84. The number of rotatable bonds is 4. The van der Waals surface area contributed by atoms with E-state index in [2.05, 4.69) is 10.3 Å². The molecule has 0 saturated heterocycles. The number of amides is 1. The zero-order chi connectivity index (χ0) is 17.6. The maximum atomic E-state index is 12.3. The van der Waals surface area contributed by atoms with Crippen molar-refractivity contribution in [3.05, 3.63) is 38.2 Å². The number of nitrogens with one attached hydrogen (secondary N) is 1. The van der Waals surface area contributed by atoms with Crippen molar-refractivity contribution >= 4 is 41.8 Å². The highest BCUT2D eigenvalue weighted by Crippen LogP contribution is 2.31. The number of nitrogens with zero attached hydrogens (tertiary/aromatic N) is 3. The summed E-state index contributed by atoms with van der Waals surface area (Å²) in [5.41, 5.74) is 6.07. The van der Waals surface area contributed by atoms with E-state index in [9.17, 15) is 14.4 Å². The van der Waals surface area contributed by atoms with E-state index in [1.807, 2.05) is 0 Å². The average molecular weight is 404 g/mol. The Kier molecular flexibility index (Phi) is 6.98. The zero-order valence-corrected chi connectivity index (χ0v) is 16.4. The zero-order valence-electron chi connectivity index (χ0n) is 14.8. The molecule has 1 unspecified atom stereocenters. The molecule has 1 amide bonds. The summed E-state index contributed by atoms with van der Waals surface area (Å²) in [4.78, 5) is 40.9. The topological polar surface area (TPSA) is 112 Å². The number of carbonyl (C=O) groups excluding carboxylic acids is 1. The summed E-state index contributed by atoms with van der Waals surface area (Å²) in [5.74, 6) is 0.129. The molecule has 1 atom stereocenters. The van der Waals surface area contributed by atoms with Crippen molar-refractivity contribution in [1.82, 2.24) is 19.4 Å². The Hall–Kier alpha value is -1.90. The van der Waals surface area contributed by atoms with Gasteiger partial charge in [-0.15, -0.1) is 24.8 Å². The van der Waals surface area contributed by atoms with Gasteiger partial charge in [-0.05, 0) is 37.3 Å². The van der Waals surface area contributed by atoms with Crippen LogP contribution >= 0.6 is 24.8 Å². The Labute approximate surface area is 162 Å². The number of pyridine rings is 1. The van der Waals surface area contributed by atoms with Gasteiger partial charge in [0.2, 0.25) is 0 Å². The summed E-state index contributed by atoms with van der Waals surface area (Å²) < 4.78 is 2.31. The average Bonchev–Trinajstić information content (AvgIpc) is 3.39. The van der Waals surface area contributed by atoms with Gasteiger partial charge in [-0.1, -0.05) is 0 Å². The van der Waals surface area contributed by atoms with Gasteiger partial charge >= 0.3 is 5.69 Å². The molecule has 1 saturated carbocycles. The SMILES string of the molecule is Cc1cc(C(=O)NCC(N)C2CC2)nc2c1c(=O)n(C)c(=O)n2C.Cl.Cl. The first-order valence-corrected chi connectivity index (χ1v) is 7.92. The van der Waals surface area contributed by atoms with Gasteiger partial charge in [-0.3, -0.25) is 18.7 Å². The number of hydrogen-bond donors (Lipinski definition) is 2. The van der Waals surface area contributed by atoms with Crippen LogP contribution in [-0.2, 0) is 14.1 Å². The molecule has 0 spiro atoms. The van der Waals surface area contributed by atoms with Crippen LogP contribution in [0.5, 0.6) is 0 Å². The van der Waals surface area contributed by atoms with Gasteiger partial charge in [-0.25, -0.2) is 9.78 Å². The van der Waals surface area contributed by atoms with Crippen molar-refractivity contribution < 1.29 is 4.79 Å². The van der Waals surface area contributed by atoms with Crippen LogP contribution in [0, 0.1) is 12.8 Å². The second kappa shape index (κ2) is 8.20. The van der Waals surface area contributed by atoms with E-state index in [-0.39, 0.29) is 48.1 Å². The Morgan fingerprint density at radius 1 is 1.31 bits per heavy atom. The van der Waals surface area contributed by atoms with Crippen LogP contribution in [0.25, 0.3) is 11.0 Å². The molecule has 3 N–H and O–H groups in total. The van der Waals surface area contributed by atoms with Crippen LogP contribution in [0.2, 0.25) is 0 Å². The maximum Gasteiger partial charge on any atom is 0.332 e. The summed E-state index contributed by atoms with van der Waals surface area (Å²) in [6.45, 7) is 2.11. The molecule has 1 fully saturated rings. The number of nitrogens with two attached hydrogens (primary N) is 1. The van der Waals surface area contributed by atoms with Gasteiger partial charge in [0.1, 0.15) is 11.3 Å². The van der Waals surface area contributed by atoms with Crippen molar-refractivity contribution in [3.63, 3.8) is 0 Å². The molecule has 0 bridgehead atoms. The van der Waals surface area contributed by atoms with E-state index in [0.29, 0.717) is 23.4 Å². The summed E-state index contributed by atoms with van der Waals surface area (Å²) in [6.07, 6.45) is 2.21. The molecule has 10 heteroatoms. The predicted molar refractivity (Wildman–Crippen MR) is 104 cm³/mol. The molecular formula is C16H23Cl2N5O3. The monoisotopic (exact) mass is 403 g/mol. The lowest BCUT2D eigenvalue weighted by Gasteiger charge is -2.13. The maximum absolute atomic E-state index is 12.3. The summed E-state index contributed by atoms with van der Waals surface area (Å²) in [5, 5.41) is 3.11. The normalized spacial score (nSPS) is 14.3. The summed E-state index contributed by atoms with van der Waals surface area (Å²) in [6, 6.07) is 1.51. The van der Waals surface area contributed by atoms with Gasteiger partial charge < -0.3 is 11.1 Å². The smallest absolute Gasteiger partial charge is 0.332 e. The first kappa shape index (κ1) is 22.1. The highest BCUT2D eigenvalue weighted by atomic mass is 35.5. The molecule has 144 valence electrons. The number of aryl methyl sites for hydroxylation is 2. The van der Waals surface area contributed by atoms with Crippen molar-refractivity contribution in [1.29, 1.82) is 0 Å². The van der Waals surface area contributed by atoms with Gasteiger partial charge in [0, 0.05) is 26.7 Å². The second-order valence-corrected chi connectivity index (χ2v) is 6.44. The summed E-state index contributed by atoms with van der Waals surface area (Å²) >= 11 is 0. The standard InChI is InChI=1S/C16H21N5O3.2ClH/c1-8-6-11(14(22)18-7-10(17)9-4-5-9)19-13-12(8)15(23)21(3)16(24)20(13)2;;/h6,9-10H,4-5,7,17H2,1-3H3,(H,18,22);2*1H. The quantitative estimate of drug-likeness (QED) is 0.759. The summed E-state index contributed by atoms with van der Waals surface area (Å²) in [7, 11) is 2.95. The van der Waals surface area contributed by atoms with Crippen LogP contribution in [-0.4, -0.2) is 32.6 Å². The third-order valence-electron chi connectivity index (χ3n) is 4.57. The Bertz CT molecular complexity index is 950. The van der Waals surface area contributed by atoms with Gasteiger partial charge in [0.05, 0.1) is 5.39 Å². The molecule has 8 nitrogen and oxygen atoms in total. The molecule has 2 heterocycles. The van der Waals surface area contributed by atoms with Crippen molar-refractivity contribution in [3.8, 4) is 0 Å². The second-order valence-electron chi connectivity index (χ2n) is 6.44. The van der Waals surface area contributed by atoms with Crippen LogP contribution in [0.15, 0.2) is 15.7 Å². The third-order valence-corrected chi connectivity index (χ3v) is 4.57. The molecule has 0 aromatic carbocycles. The molecule has 1 aliphatic rings. The van der Waals surface area contributed by atoms with Crippen LogP contribution in [0.4, 0.5) is 0 Å². The Balaban J connectivity index is 0.00000169. The van der Waals surface area contributed by atoms with Gasteiger partial charge in [-0.2, -0.15) is 0 Å². The minimum Gasteiger partial charge on any atom is -0.349 e. The lowest BCUT2D eigenvalue weighted by atomic mass is 10.1. The molecule has 3 rings (SSSR count). The van der Waals surface area contributed by atoms with Crippen molar-refractivity contribution in [2.24, 2.45) is 25.7 Å². The number of fused-ring (bicyclic) bond motifs is 1. The molecule has 0 aliphatic heterocycles. The van der Waals surface area contributed by atoms with Crippen LogP contribution < -0.4 is 22.3 Å². The van der Waals surface area contributed by atoms with Gasteiger partial charge in [0.25, 0.3) is 11.5 Å². The van der Waals surface area contributed by atoms with E-state index >= 15 is 0 Å². The number of carbonyl (C=O) groups is 1. The van der Waals surface area contributed by atoms with Crippen molar-refractivity contribution in [2.45, 2.75) is 25.8 Å². The first-order chi connectivity index (χ1) is 11.3. The highest BCUT2D eigenvalue weighted by Gasteiger charge is 2.28. The lowest BCUT2D eigenvalue weighted by Crippen LogP contribution is -2.40. The van der Waals surface area contributed by atoms with Crippen LogP contribution in [0.3, 0.4) is 0 Å². The Morgan fingerprint density at radius 2 is 1.92 bits per heavy atom. The third kappa shape index (κ3) is 3.92. The largest absolute Gasteiger partial charge is 0.349 e. The van der Waals surface area contributed by atoms with Crippen molar-refractivity contribution in [2.75, 3.05) is 6.54 Å². The highest BCUT2D eigenvalue weighted by molar-refractivity contribution is 5.95. The minimum atomic E-state index is -0.479. The van der Waals surface area contributed by atoms with E-state index in [1.165, 1.54) is 18.7 Å². The first-order valence-electron chi connectivity index (χ1n) is 7.92. The van der Waals surface area contributed by atoms with E-state index in [0.717, 1.165) is 17.4 Å². The molecule has 2 aromatic rings. The van der Waals surface area contributed by atoms with Crippen LogP contribution in [0.1, 0.15) is 28.9 Å². The molecular weight excluding hydrogens is 381 g/mol. The Morgan fingerprint density at radius 3 is 2.50 bits per heavy atom. The molecule has 26 heavy (non-hydrogen) atoms. The molecule has 0 radical (unpaired) electrons.